The average Bonchev–Trinajstić information content (AvgIpc) is 2.39. The molecular formula is C15H29IO2. The van der Waals surface area contributed by atoms with Crippen molar-refractivity contribution in [2.45, 2.75) is 58.5 Å². The first-order valence-electron chi connectivity index (χ1n) is 7.41. The minimum atomic E-state index is 0.140. The van der Waals surface area contributed by atoms with E-state index in [-0.39, 0.29) is 5.60 Å². The Morgan fingerprint density at radius 3 is 2.33 bits per heavy atom. The van der Waals surface area contributed by atoms with Crippen LogP contribution in [0.15, 0.2) is 0 Å². The Balaban J connectivity index is 2.27. The molecule has 0 bridgehead atoms. The van der Waals surface area contributed by atoms with Crippen molar-refractivity contribution in [3.8, 4) is 0 Å². The molecule has 0 N–H and O–H groups in total. The second-order valence-corrected chi connectivity index (χ2v) is 6.62. The molecule has 1 aliphatic rings. The Morgan fingerprint density at radius 2 is 1.83 bits per heavy atom. The minimum Gasteiger partial charge on any atom is -0.379 e. The average molecular weight is 368 g/mol. The van der Waals surface area contributed by atoms with Gasteiger partial charge in [-0.3, -0.25) is 0 Å². The number of alkyl halides is 1. The summed E-state index contributed by atoms with van der Waals surface area (Å²) >= 11 is 2.49. The number of halogens is 1. The minimum absolute atomic E-state index is 0.140. The van der Waals surface area contributed by atoms with E-state index in [0.29, 0.717) is 0 Å². The van der Waals surface area contributed by atoms with Crippen molar-refractivity contribution in [2.75, 3.05) is 24.2 Å². The smallest absolute Gasteiger partial charge is 0.0772 e. The molecule has 0 amide bonds. The van der Waals surface area contributed by atoms with Gasteiger partial charge >= 0.3 is 0 Å². The highest BCUT2D eigenvalue weighted by atomic mass is 127. The van der Waals surface area contributed by atoms with Gasteiger partial charge in [0.15, 0.2) is 0 Å². The van der Waals surface area contributed by atoms with Gasteiger partial charge in [0, 0.05) is 11.0 Å². The molecule has 0 spiro atoms. The zero-order valence-corrected chi connectivity index (χ0v) is 14.4. The SMILES string of the molecule is CCCOCCOC1(CI)CCC(C(C)C)CC1. The normalized spacial score (nSPS) is 28.8. The van der Waals surface area contributed by atoms with Crippen LogP contribution < -0.4 is 0 Å². The number of ether oxygens (including phenoxy) is 2. The van der Waals surface area contributed by atoms with Crippen molar-refractivity contribution < 1.29 is 9.47 Å². The second kappa shape index (κ2) is 8.75. The number of rotatable bonds is 8. The fourth-order valence-corrected chi connectivity index (χ4v) is 3.70. The Bertz CT molecular complexity index is 211. The van der Waals surface area contributed by atoms with Crippen molar-refractivity contribution in [2.24, 2.45) is 11.8 Å². The topological polar surface area (TPSA) is 18.5 Å². The van der Waals surface area contributed by atoms with Gasteiger partial charge in [-0.2, -0.15) is 0 Å². The van der Waals surface area contributed by atoms with Crippen LogP contribution in [0, 0.1) is 11.8 Å². The van der Waals surface area contributed by atoms with Crippen LogP contribution in [0.3, 0.4) is 0 Å². The lowest BCUT2D eigenvalue weighted by molar-refractivity contribution is -0.0802. The molecule has 0 aromatic carbocycles. The Kier molecular flexibility index (Phi) is 8.12. The van der Waals surface area contributed by atoms with Gasteiger partial charge < -0.3 is 9.47 Å². The van der Waals surface area contributed by atoms with Crippen LogP contribution in [-0.4, -0.2) is 29.8 Å². The zero-order valence-electron chi connectivity index (χ0n) is 12.2. The van der Waals surface area contributed by atoms with Crippen LogP contribution in [0.4, 0.5) is 0 Å². The van der Waals surface area contributed by atoms with Gasteiger partial charge in [0.25, 0.3) is 0 Å². The molecule has 0 aliphatic heterocycles. The summed E-state index contributed by atoms with van der Waals surface area (Å²) in [5.74, 6) is 1.73. The fraction of sp³-hybridized carbons (Fsp3) is 1.00. The van der Waals surface area contributed by atoms with Crippen molar-refractivity contribution in [1.82, 2.24) is 0 Å². The highest BCUT2D eigenvalue weighted by Gasteiger charge is 2.35. The van der Waals surface area contributed by atoms with Crippen molar-refractivity contribution in [3.63, 3.8) is 0 Å². The van der Waals surface area contributed by atoms with Gasteiger partial charge in [0.1, 0.15) is 0 Å². The van der Waals surface area contributed by atoms with Gasteiger partial charge in [-0.25, -0.2) is 0 Å². The predicted molar refractivity (Wildman–Crippen MR) is 85.5 cm³/mol. The summed E-state index contributed by atoms with van der Waals surface area (Å²) in [7, 11) is 0. The van der Waals surface area contributed by atoms with Gasteiger partial charge in [-0.15, -0.1) is 0 Å². The van der Waals surface area contributed by atoms with Crippen LogP contribution in [-0.2, 0) is 9.47 Å². The van der Waals surface area contributed by atoms with E-state index < -0.39 is 0 Å². The molecule has 0 unspecified atom stereocenters. The van der Waals surface area contributed by atoms with Crippen molar-refractivity contribution >= 4 is 22.6 Å². The summed E-state index contributed by atoms with van der Waals surface area (Å²) in [6, 6.07) is 0. The molecule has 1 fully saturated rings. The van der Waals surface area contributed by atoms with Crippen LogP contribution >= 0.6 is 22.6 Å². The molecule has 0 saturated heterocycles. The van der Waals surface area contributed by atoms with E-state index >= 15 is 0 Å². The molecule has 18 heavy (non-hydrogen) atoms. The first kappa shape index (κ1) is 16.7. The van der Waals surface area contributed by atoms with Gasteiger partial charge in [0.2, 0.25) is 0 Å². The van der Waals surface area contributed by atoms with E-state index in [9.17, 15) is 0 Å². The summed E-state index contributed by atoms with van der Waals surface area (Å²) in [5.41, 5.74) is 0.140. The molecule has 108 valence electrons. The van der Waals surface area contributed by atoms with Crippen LogP contribution in [0.1, 0.15) is 52.9 Å². The summed E-state index contributed by atoms with van der Waals surface area (Å²) in [6.45, 7) is 9.20. The summed E-state index contributed by atoms with van der Waals surface area (Å²) < 4.78 is 12.8. The number of hydrogen-bond acceptors (Lipinski definition) is 2. The predicted octanol–water partition coefficient (Wildman–Crippen LogP) is 4.45. The first-order chi connectivity index (χ1) is 8.63. The highest BCUT2D eigenvalue weighted by molar-refractivity contribution is 14.1. The monoisotopic (exact) mass is 368 g/mol. The first-order valence-corrected chi connectivity index (χ1v) is 8.94. The maximum Gasteiger partial charge on any atom is 0.0772 e. The highest BCUT2D eigenvalue weighted by Crippen LogP contribution is 2.39. The molecule has 0 radical (unpaired) electrons. The van der Waals surface area contributed by atoms with Crippen molar-refractivity contribution in [1.29, 1.82) is 0 Å². The molecule has 0 aromatic heterocycles. The lowest BCUT2D eigenvalue weighted by Crippen LogP contribution is -2.40. The zero-order chi connectivity index (χ0) is 13.4. The third-order valence-electron chi connectivity index (χ3n) is 4.11. The molecule has 0 aromatic rings. The largest absolute Gasteiger partial charge is 0.379 e. The molecular weight excluding hydrogens is 339 g/mol. The van der Waals surface area contributed by atoms with Gasteiger partial charge in [-0.1, -0.05) is 43.4 Å². The van der Waals surface area contributed by atoms with E-state index in [4.69, 9.17) is 9.47 Å². The van der Waals surface area contributed by atoms with E-state index in [0.717, 1.165) is 42.5 Å². The van der Waals surface area contributed by atoms with Gasteiger partial charge in [-0.05, 0) is 43.9 Å². The van der Waals surface area contributed by atoms with Crippen LogP contribution in [0.5, 0.6) is 0 Å². The molecule has 1 aliphatic carbocycles. The summed E-state index contributed by atoms with van der Waals surface area (Å²) in [5, 5.41) is 0. The maximum absolute atomic E-state index is 6.16. The lowest BCUT2D eigenvalue weighted by Gasteiger charge is -2.40. The maximum atomic E-state index is 6.16. The van der Waals surface area contributed by atoms with Crippen molar-refractivity contribution in [3.05, 3.63) is 0 Å². The summed E-state index contributed by atoms with van der Waals surface area (Å²) in [4.78, 5) is 0. The standard InChI is InChI=1S/C15H29IO2/c1-4-9-17-10-11-18-15(12-16)7-5-14(6-8-15)13(2)3/h13-14H,4-12H2,1-3H3. The molecule has 0 heterocycles. The van der Waals surface area contributed by atoms with E-state index in [2.05, 4.69) is 43.4 Å². The lowest BCUT2D eigenvalue weighted by atomic mass is 9.75. The summed E-state index contributed by atoms with van der Waals surface area (Å²) in [6.07, 6.45) is 6.21. The van der Waals surface area contributed by atoms with E-state index in [1.54, 1.807) is 0 Å². The Morgan fingerprint density at radius 1 is 1.17 bits per heavy atom. The second-order valence-electron chi connectivity index (χ2n) is 5.86. The quantitative estimate of drug-likeness (QED) is 0.358. The molecule has 2 nitrogen and oxygen atoms in total. The van der Waals surface area contributed by atoms with E-state index in [1.165, 1.54) is 25.7 Å². The van der Waals surface area contributed by atoms with Crippen LogP contribution in [0.25, 0.3) is 0 Å². The number of hydrogen-bond donors (Lipinski definition) is 0. The van der Waals surface area contributed by atoms with E-state index in [1.807, 2.05) is 0 Å². The van der Waals surface area contributed by atoms with Gasteiger partial charge in [0.05, 0.1) is 18.8 Å². The molecule has 1 saturated carbocycles. The molecule has 3 heteroatoms. The Hall–Kier alpha value is 0.650. The Labute approximate surface area is 126 Å². The third kappa shape index (κ3) is 5.33. The molecule has 1 rings (SSSR count). The third-order valence-corrected chi connectivity index (χ3v) is 5.50. The molecule has 0 atom stereocenters. The van der Waals surface area contributed by atoms with Crippen LogP contribution in [0.2, 0.25) is 0 Å². The fourth-order valence-electron chi connectivity index (χ4n) is 2.71.